The number of piperidine rings is 1. The fourth-order valence-corrected chi connectivity index (χ4v) is 4.48. The van der Waals surface area contributed by atoms with Crippen LogP contribution in [-0.4, -0.2) is 36.9 Å². The van der Waals surface area contributed by atoms with E-state index in [4.69, 9.17) is 16.3 Å². The molecule has 1 heterocycles. The van der Waals surface area contributed by atoms with Gasteiger partial charge in [0, 0.05) is 30.1 Å². The summed E-state index contributed by atoms with van der Waals surface area (Å²) in [4.78, 5) is 28.0. The second-order valence-corrected chi connectivity index (χ2v) is 8.38. The molecule has 0 spiro atoms. The third kappa shape index (κ3) is 5.79. The quantitative estimate of drug-likeness (QED) is 0.607. The molecule has 2 aromatic carbocycles. The highest BCUT2D eigenvalue weighted by atomic mass is 35.5. The first-order valence-corrected chi connectivity index (χ1v) is 11.4. The summed E-state index contributed by atoms with van der Waals surface area (Å²) in [6.45, 7) is 3.27. The van der Waals surface area contributed by atoms with Gasteiger partial charge in [-0.25, -0.2) is 0 Å². The Morgan fingerprint density at radius 2 is 2.03 bits per heavy atom. The fraction of sp³-hybridized carbons (Fsp3) is 0.440. The lowest BCUT2D eigenvalue weighted by molar-refractivity contribution is -0.143. The molecule has 1 fully saturated rings. The number of likely N-dealkylation sites (tertiary alicyclic amines) is 1. The number of carbonyl (C=O) groups is 2. The van der Waals surface area contributed by atoms with Gasteiger partial charge in [0.2, 0.25) is 11.8 Å². The Balaban J connectivity index is 1.79. The van der Waals surface area contributed by atoms with Crippen LogP contribution in [0.4, 0.5) is 0 Å². The number of para-hydroxylation sites is 1. The molecule has 1 aliphatic rings. The molecule has 31 heavy (non-hydrogen) atoms. The maximum atomic E-state index is 13.2. The lowest BCUT2D eigenvalue weighted by atomic mass is 9.83. The summed E-state index contributed by atoms with van der Waals surface area (Å²) < 4.78 is 5.58. The molecule has 0 radical (unpaired) electrons. The molecule has 0 aromatic heterocycles. The number of benzene rings is 2. The second kappa shape index (κ2) is 11.2. The number of nitrogens with one attached hydrogen (secondary N) is 1. The van der Waals surface area contributed by atoms with Crippen molar-refractivity contribution in [1.29, 1.82) is 0 Å². The molecule has 0 aliphatic carbocycles. The molecule has 5 nitrogen and oxygen atoms in total. The molecular weight excluding hydrogens is 412 g/mol. The maximum absolute atomic E-state index is 13.2. The standard InChI is InChI=1S/C25H31ClN2O3/c1-3-4-16-28-23(29)13-12-21(24(28)20-10-5-6-11-22(20)31-2)25(30)27-15-14-18-8-7-9-19(26)17-18/h5-11,17,21,24H,3-4,12-16H2,1-2H3,(H,27,30). The van der Waals surface area contributed by atoms with Crippen molar-refractivity contribution in [3.8, 4) is 5.75 Å². The van der Waals surface area contributed by atoms with Crippen LogP contribution in [0.1, 0.15) is 49.8 Å². The molecular formula is C25H31ClN2O3. The summed E-state index contributed by atoms with van der Waals surface area (Å²) in [5, 5.41) is 3.78. The molecule has 0 saturated carbocycles. The van der Waals surface area contributed by atoms with Gasteiger partial charge in [-0.05, 0) is 43.0 Å². The van der Waals surface area contributed by atoms with E-state index in [2.05, 4.69) is 12.2 Å². The van der Waals surface area contributed by atoms with Crippen LogP contribution in [0.15, 0.2) is 48.5 Å². The first-order valence-electron chi connectivity index (χ1n) is 11.0. The van der Waals surface area contributed by atoms with Crippen molar-refractivity contribution in [2.24, 2.45) is 5.92 Å². The van der Waals surface area contributed by atoms with Crippen LogP contribution in [-0.2, 0) is 16.0 Å². The highest BCUT2D eigenvalue weighted by molar-refractivity contribution is 6.30. The van der Waals surface area contributed by atoms with E-state index in [-0.39, 0.29) is 23.8 Å². The van der Waals surface area contributed by atoms with Gasteiger partial charge >= 0.3 is 0 Å². The molecule has 2 atom stereocenters. The summed E-state index contributed by atoms with van der Waals surface area (Å²) in [6, 6.07) is 15.0. The molecule has 1 aliphatic heterocycles. The SMILES string of the molecule is CCCCN1C(=O)CCC(C(=O)NCCc2cccc(Cl)c2)C1c1ccccc1OC. The topological polar surface area (TPSA) is 58.6 Å². The zero-order valence-electron chi connectivity index (χ0n) is 18.3. The van der Waals surface area contributed by atoms with Crippen molar-refractivity contribution < 1.29 is 14.3 Å². The van der Waals surface area contributed by atoms with E-state index in [0.717, 1.165) is 24.0 Å². The summed E-state index contributed by atoms with van der Waals surface area (Å²) in [6.07, 6.45) is 3.52. The lowest BCUT2D eigenvalue weighted by Crippen LogP contribution is -2.48. The van der Waals surface area contributed by atoms with Gasteiger partial charge in [-0.3, -0.25) is 9.59 Å². The molecule has 2 amide bonds. The summed E-state index contributed by atoms with van der Waals surface area (Å²) in [5.74, 6) is 0.477. The number of nitrogens with zero attached hydrogens (tertiary/aromatic N) is 1. The minimum Gasteiger partial charge on any atom is -0.496 e. The van der Waals surface area contributed by atoms with Gasteiger partial charge in [-0.1, -0.05) is 55.3 Å². The van der Waals surface area contributed by atoms with Crippen molar-refractivity contribution in [3.63, 3.8) is 0 Å². The predicted molar refractivity (Wildman–Crippen MR) is 123 cm³/mol. The van der Waals surface area contributed by atoms with Crippen LogP contribution in [0.2, 0.25) is 5.02 Å². The van der Waals surface area contributed by atoms with E-state index in [9.17, 15) is 9.59 Å². The van der Waals surface area contributed by atoms with Gasteiger partial charge in [0.25, 0.3) is 0 Å². The van der Waals surface area contributed by atoms with E-state index < -0.39 is 0 Å². The molecule has 1 N–H and O–H groups in total. The van der Waals surface area contributed by atoms with Gasteiger partial charge in [0.15, 0.2) is 0 Å². The Hall–Kier alpha value is -2.53. The average molecular weight is 443 g/mol. The van der Waals surface area contributed by atoms with Crippen LogP contribution < -0.4 is 10.1 Å². The predicted octanol–water partition coefficient (Wildman–Crippen LogP) is 4.79. The Morgan fingerprint density at radius 3 is 2.77 bits per heavy atom. The number of halogens is 1. The number of ether oxygens (including phenoxy) is 1. The number of unbranched alkanes of at least 4 members (excludes halogenated alkanes) is 1. The third-order valence-electron chi connectivity index (χ3n) is 5.86. The van der Waals surface area contributed by atoms with Gasteiger partial charge in [-0.2, -0.15) is 0 Å². The third-order valence-corrected chi connectivity index (χ3v) is 6.09. The van der Waals surface area contributed by atoms with Gasteiger partial charge in [-0.15, -0.1) is 0 Å². The molecule has 6 heteroatoms. The van der Waals surface area contributed by atoms with Crippen molar-refractivity contribution in [2.45, 2.75) is 45.1 Å². The van der Waals surface area contributed by atoms with E-state index in [1.54, 1.807) is 7.11 Å². The lowest BCUT2D eigenvalue weighted by Gasteiger charge is -2.41. The van der Waals surface area contributed by atoms with Crippen molar-refractivity contribution in [1.82, 2.24) is 10.2 Å². The van der Waals surface area contributed by atoms with Crippen molar-refractivity contribution >= 4 is 23.4 Å². The van der Waals surface area contributed by atoms with E-state index in [1.807, 2.05) is 53.4 Å². The van der Waals surface area contributed by atoms with Crippen molar-refractivity contribution in [2.75, 3.05) is 20.2 Å². The zero-order chi connectivity index (χ0) is 22.2. The molecule has 0 bridgehead atoms. The summed E-state index contributed by atoms with van der Waals surface area (Å²) >= 11 is 6.06. The van der Waals surface area contributed by atoms with Gasteiger partial charge in [0.1, 0.15) is 5.75 Å². The fourth-order valence-electron chi connectivity index (χ4n) is 4.27. The highest BCUT2D eigenvalue weighted by Gasteiger charge is 2.41. The number of hydrogen-bond acceptors (Lipinski definition) is 3. The Morgan fingerprint density at radius 1 is 1.23 bits per heavy atom. The van der Waals surface area contributed by atoms with Gasteiger partial charge in [0.05, 0.1) is 19.1 Å². The maximum Gasteiger partial charge on any atom is 0.225 e. The number of amides is 2. The van der Waals surface area contributed by atoms with Crippen LogP contribution in [0, 0.1) is 5.92 Å². The van der Waals surface area contributed by atoms with E-state index in [1.165, 1.54) is 0 Å². The number of hydrogen-bond donors (Lipinski definition) is 1. The minimum absolute atomic E-state index is 0.0214. The average Bonchev–Trinajstić information content (AvgIpc) is 2.78. The zero-order valence-corrected chi connectivity index (χ0v) is 19.0. The Bertz CT molecular complexity index is 902. The summed E-state index contributed by atoms with van der Waals surface area (Å²) in [7, 11) is 1.62. The van der Waals surface area contributed by atoms with Crippen LogP contribution in [0.25, 0.3) is 0 Å². The monoisotopic (exact) mass is 442 g/mol. The summed E-state index contributed by atoms with van der Waals surface area (Å²) in [5.41, 5.74) is 1.97. The second-order valence-electron chi connectivity index (χ2n) is 7.94. The molecule has 3 rings (SSSR count). The molecule has 166 valence electrons. The number of rotatable bonds is 9. The first kappa shape index (κ1) is 23.1. The van der Waals surface area contributed by atoms with Crippen LogP contribution >= 0.6 is 11.6 Å². The highest BCUT2D eigenvalue weighted by Crippen LogP contribution is 2.40. The normalized spacial score (nSPS) is 18.7. The van der Waals surface area contributed by atoms with E-state index in [0.29, 0.717) is 43.1 Å². The van der Waals surface area contributed by atoms with Crippen molar-refractivity contribution in [3.05, 3.63) is 64.7 Å². The van der Waals surface area contributed by atoms with Crippen LogP contribution in [0.3, 0.4) is 0 Å². The molecule has 2 unspecified atom stereocenters. The number of methoxy groups -OCH3 is 1. The largest absolute Gasteiger partial charge is 0.496 e. The Kier molecular flexibility index (Phi) is 8.35. The smallest absolute Gasteiger partial charge is 0.225 e. The molecule has 1 saturated heterocycles. The number of carbonyl (C=O) groups excluding carboxylic acids is 2. The first-order chi connectivity index (χ1) is 15.0. The van der Waals surface area contributed by atoms with Gasteiger partial charge < -0.3 is 15.0 Å². The Labute approximate surface area is 189 Å². The minimum atomic E-state index is -0.324. The molecule has 2 aromatic rings. The van der Waals surface area contributed by atoms with E-state index >= 15 is 0 Å². The van der Waals surface area contributed by atoms with Crippen LogP contribution in [0.5, 0.6) is 5.75 Å².